The van der Waals surface area contributed by atoms with E-state index in [0.29, 0.717) is 0 Å². The van der Waals surface area contributed by atoms with E-state index in [1.165, 1.54) is 60.2 Å². The first-order chi connectivity index (χ1) is 17.6. The first kappa shape index (κ1) is 19.8. The number of benzene rings is 5. The standard InChI is InChI=1S/C34H24N2/c1-34(2)28-13-7-5-12-25(28)33-26-19-27-24-11-6-8-14-30(24)36(31(27)17-22(26)15-16-29(33)34)32-18-21-9-3-4-10-23(21)20-35-32/h3-20H,1-2H3. The largest absolute Gasteiger partial charge is 0.294 e. The fourth-order valence-electron chi connectivity index (χ4n) is 6.43. The number of fused-ring (bicyclic) bond motifs is 9. The van der Waals surface area contributed by atoms with E-state index in [-0.39, 0.29) is 5.41 Å². The molecule has 0 spiro atoms. The number of rotatable bonds is 1. The van der Waals surface area contributed by atoms with E-state index in [2.05, 4.69) is 122 Å². The van der Waals surface area contributed by atoms with E-state index in [1.54, 1.807) is 0 Å². The third-order valence-electron chi connectivity index (χ3n) is 8.20. The highest BCUT2D eigenvalue weighted by Gasteiger charge is 2.36. The minimum atomic E-state index is -0.00190. The van der Waals surface area contributed by atoms with Crippen molar-refractivity contribution in [3.8, 4) is 16.9 Å². The molecule has 7 aromatic rings. The summed E-state index contributed by atoms with van der Waals surface area (Å²) in [5.41, 5.74) is 7.95. The van der Waals surface area contributed by atoms with Crippen molar-refractivity contribution in [3.63, 3.8) is 0 Å². The third-order valence-corrected chi connectivity index (χ3v) is 8.20. The van der Waals surface area contributed by atoms with E-state index < -0.39 is 0 Å². The molecule has 36 heavy (non-hydrogen) atoms. The summed E-state index contributed by atoms with van der Waals surface area (Å²) in [6, 6.07) is 37.7. The summed E-state index contributed by atoms with van der Waals surface area (Å²) in [6.07, 6.45) is 1.98. The molecule has 2 heteroatoms. The molecule has 0 unspecified atom stereocenters. The molecule has 0 atom stereocenters. The van der Waals surface area contributed by atoms with Crippen LogP contribution in [0.15, 0.2) is 109 Å². The van der Waals surface area contributed by atoms with Gasteiger partial charge in [0, 0.05) is 27.8 Å². The van der Waals surface area contributed by atoms with Crippen LogP contribution in [0.1, 0.15) is 25.0 Å². The maximum Gasteiger partial charge on any atom is 0.138 e. The molecule has 1 aliphatic carbocycles. The summed E-state index contributed by atoms with van der Waals surface area (Å²) in [6.45, 7) is 4.69. The van der Waals surface area contributed by atoms with Gasteiger partial charge < -0.3 is 0 Å². The summed E-state index contributed by atoms with van der Waals surface area (Å²) in [5.74, 6) is 0.951. The normalized spacial score (nSPS) is 14.1. The Hall–Kier alpha value is -4.43. The Balaban J connectivity index is 1.50. The molecule has 5 aromatic carbocycles. The van der Waals surface area contributed by atoms with Gasteiger partial charge in [-0.25, -0.2) is 4.98 Å². The second kappa shape index (κ2) is 6.83. The van der Waals surface area contributed by atoms with Crippen molar-refractivity contribution >= 4 is 43.4 Å². The van der Waals surface area contributed by atoms with Crippen molar-refractivity contribution < 1.29 is 0 Å². The molecular formula is C34H24N2. The predicted octanol–water partition coefficient (Wildman–Crippen LogP) is 8.79. The van der Waals surface area contributed by atoms with E-state index >= 15 is 0 Å². The molecule has 0 saturated heterocycles. The summed E-state index contributed by atoms with van der Waals surface area (Å²) in [7, 11) is 0. The highest BCUT2D eigenvalue weighted by molar-refractivity contribution is 6.16. The van der Waals surface area contributed by atoms with Crippen molar-refractivity contribution in [2.75, 3.05) is 0 Å². The van der Waals surface area contributed by atoms with Crippen LogP contribution in [0.5, 0.6) is 0 Å². The van der Waals surface area contributed by atoms with Crippen LogP contribution in [-0.2, 0) is 5.41 Å². The van der Waals surface area contributed by atoms with Gasteiger partial charge in [0.15, 0.2) is 0 Å². The lowest BCUT2D eigenvalue weighted by atomic mass is 9.82. The zero-order valence-corrected chi connectivity index (χ0v) is 20.3. The molecule has 1 aliphatic rings. The minimum absolute atomic E-state index is 0.00190. The van der Waals surface area contributed by atoms with Crippen molar-refractivity contribution in [2.24, 2.45) is 0 Å². The van der Waals surface area contributed by atoms with Gasteiger partial charge in [0.2, 0.25) is 0 Å². The van der Waals surface area contributed by atoms with E-state index in [9.17, 15) is 0 Å². The summed E-state index contributed by atoms with van der Waals surface area (Å²) in [4.78, 5) is 4.90. The highest BCUT2D eigenvalue weighted by atomic mass is 15.1. The van der Waals surface area contributed by atoms with Crippen LogP contribution in [-0.4, -0.2) is 9.55 Å². The first-order valence-corrected chi connectivity index (χ1v) is 12.6. The van der Waals surface area contributed by atoms with Gasteiger partial charge in [-0.05, 0) is 62.7 Å². The average molecular weight is 461 g/mol. The number of nitrogens with zero attached hydrogens (tertiary/aromatic N) is 2. The Kier molecular flexibility index (Phi) is 3.76. The van der Waals surface area contributed by atoms with Crippen molar-refractivity contribution in [1.82, 2.24) is 9.55 Å². The average Bonchev–Trinajstić information content (AvgIpc) is 3.36. The molecule has 2 nitrogen and oxygen atoms in total. The van der Waals surface area contributed by atoms with Crippen LogP contribution < -0.4 is 0 Å². The van der Waals surface area contributed by atoms with Crippen LogP contribution in [0.3, 0.4) is 0 Å². The van der Waals surface area contributed by atoms with Gasteiger partial charge in [0.1, 0.15) is 5.82 Å². The molecule has 0 N–H and O–H groups in total. The van der Waals surface area contributed by atoms with Crippen molar-refractivity contribution in [2.45, 2.75) is 19.3 Å². The fraction of sp³-hybridized carbons (Fsp3) is 0.0882. The highest BCUT2D eigenvalue weighted by Crippen LogP contribution is 2.51. The lowest BCUT2D eigenvalue weighted by molar-refractivity contribution is 0.661. The Morgan fingerprint density at radius 3 is 2.28 bits per heavy atom. The fourth-order valence-corrected chi connectivity index (χ4v) is 6.43. The predicted molar refractivity (Wildman–Crippen MR) is 151 cm³/mol. The monoisotopic (exact) mass is 460 g/mol. The van der Waals surface area contributed by atoms with Gasteiger partial charge >= 0.3 is 0 Å². The zero-order chi connectivity index (χ0) is 24.0. The van der Waals surface area contributed by atoms with Crippen LogP contribution in [0.4, 0.5) is 0 Å². The molecule has 0 aliphatic heterocycles. The molecule has 0 saturated carbocycles. The van der Waals surface area contributed by atoms with Crippen LogP contribution in [0.25, 0.3) is 60.3 Å². The van der Waals surface area contributed by atoms with Gasteiger partial charge in [0.05, 0.1) is 11.0 Å². The van der Waals surface area contributed by atoms with E-state index in [4.69, 9.17) is 4.98 Å². The van der Waals surface area contributed by atoms with E-state index in [1.807, 2.05) is 6.20 Å². The Labute approximate surface area is 209 Å². The maximum absolute atomic E-state index is 4.90. The molecule has 0 amide bonds. The van der Waals surface area contributed by atoms with Gasteiger partial charge in [-0.1, -0.05) is 92.7 Å². The summed E-state index contributed by atoms with van der Waals surface area (Å²) < 4.78 is 2.32. The second-order valence-electron chi connectivity index (χ2n) is 10.5. The minimum Gasteiger partial charge on any atom is -0.294 e. The lowest BCUT2D eigenvalue weighted by Crippen LogP contribution is -2.14. The molecule has 170 valence electrons. The molecule has 0 radical (unpaired) electrons. The molecule has 8 rings (SSSR count). The molecule has 0 bridgehead atoms. The van der Waals surface area contributed by atoms with E-state index in [0.717, 1.165) is 11.2 Å². The number of pyridine rings is 1. The van der Waals surface area contributed by atoms with Gasteiger partial charge in [0.25, 0.3) is 0 Å². The third kappa shape index (κ3) is 2.48. The maximum atomic E-state index is 4.90. The van der Waals surface area contributed by atoms with Crippen molar-refractivity contribution in [1.29, 1.82) is 0 Å². The van der Waals surface area contributed by atoms with Gasteiger partial charge in [-0.2, -0.15) is 0 Å². The molecule has 0 fully saturated rings. The Morgan fingerprint density at radius 1 is 0.583 bits per heavy atom. The number of hydrogen-bond acceptors (Lipinski definition) is 1. The van der Waals surface area contributed by atoms with Gasteiger partial charge in [-0.15, -0.1) is 0 Å². The number of hydrogen-bond donors (Lipinski definition) is 0. The quantitative estimate of drug-likeness (QED) is 0.239. The lowest BCUT2D eigenvalue weighted by Gasteiger charge is -2.21. The van der Waals surface area contributed by atoms with Crippen LogP contribution in [0, 0.1) is 0 Å². The number of para-hydroxylation sites is 1. The molecular weight excluding hydrogens is 436 g/mol. The Bertz CT molecular complexity index is 2020. The van der Waals surface area contributed by atoms with Crippen LogP contribution >= 0.6 is 0 Å². The van der Waals surface area contributed by atoms with Crippen molar-refractivity contribution in [3.05, 3.63) is 120 Å². The van der Waals surface area contributed by atoms with Gasteiger partial charge in [-0.3, -0.25) is 4.57 Å². The number of aromatic nitrogens is 2. The van der Waals surface area contributed by atoms with Crippen LogP contribution in [0.2, 0.25) is 0 Å². The zero-order valence-electron chi connectivity index (χ0n) is 20.3. The Morgan fingerprint density at radius 2 is 1.36 bits per heavy atom. The topological polar surface area (TPSA) is 17.8 Å². The second-order valence-corrected chi connectivity index (χ2v) is 10.5. The summed E-state index contributed by atoms with van der Waals surface area (Å²) >= 11 is 0. The molecule has 2 heterocycles. The summed E-state index contributed by atoms with van der Waals surface area (Å²) in [5, 5.41) is 7.47. The first-order valence-electron chi connectivity index (χ1n) is 12.6. The molecule has 2 aromatic heterocycles. The SMILES string of the molecule is CC1(C)c2ccccc2-c2c1ccc1cc3c(cc21)c1ccccc1n3-c1cc2ccccc2cn1. The smallest absolute Gasteiger partial charge is 0.138 e.